The topological polar surface area (TPSA) is 46.2 Å². The molecular weight excluding hydrogens is 382 g/mol. The van der Waals surface area contributed by atoms with Crippen molar-refractivity contribution in [2.45, 2.75) is 23.6 Å². The molecule has 20 heavy (non-hydrogen) atoms. The van der Waals surface area contributed by atoms with Gasteiger partial charge >= 0.3 is 0 Å². The fourth-order valence-corrected chi connectivity index (χ4v) is 5.23. The van der Waals surface area contributed by atoms with E-state index in [0.717, 1.165) is 9.35 Å². The molecule has 0 fully saturated rings. The van der Waals surface area contributed by atoms with Crippen LogP contribution >= 0.6 is 38.9 Å². The highest BCUT2D eigenvalue weighted by Crippen LogP contribution is 2.28. The third-order valence-corrected chi connectivity index (χ3v) is 6.63. The van der Waals surface area contributed by atoms with Crippen LogP contribution in [0.25, 0.3) is 0 Å². The second kappa shape index (κ2) is 6.58. The van der Waals surface area contributed by atoms with Crippen LogP contribution in [0, 0.1) is 0 Å². The first kappa shape index (κ1) is 16.0. The van der Waals surface area contributed by atoms with Gasteiger partial charge in [-0.15, -0.1) is 11.3 Å². The Morgan fingerprint density at radius 2 is 1.90 bits per heavy atom. The lowest BCUT2D eigenvalue weighted by molar-refractivity contribution is 0.552. The predicted molar refractivity (Wildman–Crippen MR) is 86.8 cm³/mol. The van der Waals surface area contributed by atoms with Gasteiger partial charge in [-0.05, 0) is 52.2 Å². The number of benzene rings is 1. The van der Waals surface area contributed by atoms with Gasteiger partial charge in [0.25, 0.3) is 10.0 Å². The molecule has 0 saturated carbocycles. The van der Waals surface area contributed by atoms with Crippen molar-refractivity contribution in [2.24, 2.45) is 0 Å². The second-order valence-electron chi connectivity index (χ2n) is 4.19. The molecule has 0 bridgehead atoms. The smallest absolute Gasteiger partial charge is 0.206 e. The van der Waals surface area contributed by atoms with Crippen molar-refractivity contribution in [1.82, 2.24) is 4.72 Å². The Balaban J connectivity index is 2.24. The average Bonchev–Trinajstić information content (AvgIpc) is 2.85. The minimum atomic E-state index is -3.50. The molecule has 108 valence electrons. The molecule has 0 saturated heterocycles. The molecule has 2 aromatic rings. The standard InChI is InChI=1S/C13H13BrClNO2S2/c1-2-11(9-3-5-10(15)6-4-9)16-20(17,18)13-8-7-12(14)19-13/h3-8,11,16H,2H2,1H3/t11-/m0/s1. The van der Waals surface area contributed by atoms with E-state index in [4.69, 9.17) is 11.6 Å². The lowest BCUT2D eigenvalue weighted by Gasteiger charge is -2.17. The van der Waals surface area contributed by atoms with E-state index in [1.165, 1.54) is 11.3 Å². The van der Waals surface area contributed by atoms with Gasteiger partial charge in [0.1, 0.15) is 4.21 Å². The summed E-state index contributed by atoms with van der Waals surface area (Å²) in [4.78, 5) is 0. The molecular formula is C13H13BrClNO2S2. The molecule has 0 radical (unpaired) electrons. The van der Waals surface area contributed by atoms with Crippen molar-refractivity contribution in [3.63, 3.8) is 0 Å². The summed E-state index contributed by atoms with van der Waals surface area (Å²) >= 11 is 10.3. The van der Waals surface area contributed by atoms with Gasteiger partial charge in [-0.1, -0.05) is 30.7 Å². The fourth-order valence-electron chi connectivity index (χ4n) is 1.77. The molecule has 0 aliphatic rings. The zero-order valence-corrected chi connectivity index (χ0v) is 14.6. The Kier molecular flexibility index (Phi) is 5.25. The van der Waals surface area contributed by atoms with E-state index in [9.17, 15) is 8.42 Å². The molecule has 0 spiro atoms. The summed E-state index contributed by atoms with van der Waals surface area (Å²) < 4.78 is 28.4. The Morgan fingerprint density at radius 3 is 2.40 bits per heavy atom. The van der Waals surface area contributed by atoms with Gasteiger partial charge in [0.05, 0.1) is 3.79 Å². The summed E-state index contributed by atoms with van der Waals surface area (Å²) in [7, 11) is -3.50. The number of sulfonamides is 1. The van der Waals surface area contributed by atoms with E-state index in [1.807, 2.05) is 19.1 Å². The van der Waals surface area contributed by atoms with E-state index in [2.05, 4.69) is 20.7 Å². The van der Waals surface area contributed by atoms with E-state index >= 15 is 0 Å². The summed E-state index contributed by atoms with van der Waals surface area (Å²) in [6.07, 6.45) is 0.660. The first-order chi connectivity index (χ1) is 9.42. The van der Waals surface area contributed by atoms with Crippen molar-refractivity contribution in [2.75, 3.05) is 0 Å². The number of thiophene rings is 1. The average molecular weight is 395 g/mol. The molecule has 0 aliphatic heterocycles. The largest absolute Gasteiger partial charge is 0.250 e. The number of hydrogen-bond donors (Lipinski definition) is 1. The van der Waals surface area contributed by atoms with Gasteiger partial charge in [-0.25, -0.2) is 13.1 Å². The third-order valence-electron chi connectivity index (χ3n) is 2.79. The Hall–Kier alpha value is -0.400. The number of hydrogen-bond acceptors (Lipinski definition) is 3. The maximum absolute atomic E-state index is 12.3. The zero-order chi connectivity index (χ0) is 14.8. The van der Waals surface area contributed by atoms with Crippen LogP contribution in [0.3, 0.4) is 0 Å². The van der Waals surface area contributed by atoms with Crippen molar-refractivity contribution >= 4 is 48.9 Å². The van der Waals surface area contributed by atoms with Gasteiger partial charge in [0, 0.05) is 11.1 Å². The maximum atomic E-state index is 12.3. The zero-order valence-electron chi connectivity index (χ0n) is 10.6. The lowest BCUT2D eigenvalue weighted by Crippen LogP contribution is -2.27. The van der Waals surface area contributed by atoms with Gasteiger partial charge in [0.2, 0.25) is 0 Å². The minimum absolute atomic E-state index is 0.266. The molecule has 3 nitrogen and oxygen atoms in total. The summed E-state index contributed by atoms with van der Waals surface area (Å²) in [5, 5.41) is 0.633. The number of rotatable bonds is 5. The monoisotopic (exact) mass is 393 g/mol. The van der Waals surface area contributed by atoms with Crippen LogP contribution in [-0.4, -0.2) is 8.42 Å². The predicted octanol–water partition coefficient (Wildman–Crippen LogP) is 4.59. The molecule has 1 aromatic carbocycles. The molecule has 1 N–H and O–H groups in total. The molecule has 0 amide bonds. The highest BCUT2D eigenvalue weighted by Gasteiger charge is 2.21. The molecule has 2 rings (SSSR count). The molecule has 0 unspecified atom stereocenters. The van der Waals surface area contributed by atoms with Crippen LogP contribution in [0.2, 0.25) is 5.02 Å². The van der Waals surface area contributed by atoms with Crippen LogP contribution in [-0.2, 0) is 10.0 Å². The SMILES string of the molecule is CC[C@H](NS(=O)(=O)c1ccc(Br)s1)c1ccc(Cl)cc1. The summed E-state index contributed by atoms with van der Waals surface area (Å²) in [6.45, 7) is 1.94. The van der Waals surface area contributed by atoms with E-state index < -0.39 is 10.0 Å². The van der Waals surface area contributed by atoms with Crippen LogP contribution in [0.1, 0.15) is 24.9 Å². The first-order valence-electron chi connectivity index (χ1n) is 5.95. The van der Waals surface area contributed by atoms with Crippen LogP contribution in [0.5, 0.6) is 0 Å². The van der Waals surface area contributed by atoms with E-state index in [0.29, 0.717) is 15.7 Å². The molecule has 1 atom stereocenters. The maximum Gasteiger partial charge on any atom is 0.250 e. The summed E-state index contributed by atoms with van der Waals surface area (Å²) in [5.74, 6) is 0. The second-order valence-corrected chi connectivity index (χ2v) is 9.03. The summed E-state index contributed by atoms with van der Waals surface area (Å²) in [6, 6.07) is 10.2. The molecule has 1 aromatic heterocycles. The van der Waals surface area contributed by atoms with Crippen LogP contribution in [0.4, 0.5) is 0 Å². The molecule has 0 aliphatic carbocycles. The van der Waals surface area contributed by atoms with Crippen molar-refractivity contribution < 1.29 is 8.42 Å². The molecule has 1 heterocycles. The van der Waals surface area contributed by atoms with Gasteiger partial charge in [-0.2, -0.15) is 0 Å². The van der Waals surface area contributed by atoms with E-state index in [-0.39, 0.29) is 6.04 Å². The van der Waals surface area contributed by atoms with Crippen molar-refractivity contribution in [3.05, 3.63) is 50.8 Å². The van der Waals surface area contributed by atoms with Gasteiger partial charge in [0.15, 0.2) is 0 Å². The Morgan fingerprint density at radius 1 is 1.25 bits per heavy atom. The van der Waals surface area contributed by atoms with Gasteiger partial charge < -0.3 is 0 Å². The first-order valence-corrected chi connectivity index (χ1v) is 9.42. The third kappa shape index (κ3) is 3.83. The minimum Gasteiger partial charge on any atom is -0.206 e. The molecule has 7 heteroatoms. The van der Waals surface area contributed by atoms with Crippen molar-refractivity contribution in [1.29, 1.82) is 0 Å². The Bertz CT molecular complexity index is 683. The quantitative estimate of drug-likeness (QED) is 0.806. The van der Waals surface area contributed by atoms with E-state index in [1.54, 1.807) is 24.3 Å². The normalized spacial score (nSPS) is 13.3. The van der Waals surface area contributed by atoms with Crippen molar-refractivity contribution in [3.8, 4) is 0 Å². The van der Waals surface area contributed by atoms with Gasteiger partial charge in [-0.3, -0.25) is 0 Å². The highest BCUT2D eigenvalue weighted by atomic mass is 79.9. The summed E-state index contributed by atoms with van der Waals surface area (Å²) in [5.41, 5.74) is 0.899. The Labute approximate surface area is 136 Å². The fraction of sp³-hybridized carbons (Fsp3) is 0.231. The lowest BCUT2D eigenvalue weighted by atomic mass is 10.1. The van der Waals surface area contributed by atoms with Crippen LogP contribution < -0.4 is 4.72 Å². The number of halogens is 2. The highest BCUT2D eigenvalue weighted by molar-refractivity contribution is 9.11. The number of nitrogens with one attached hydrogen (secondary N) is 1. The van der Waals surface area contributed by atoms with Crippen LogP contribution in [0.15, 0.2) is 44.4 Å².